The Labute approximate surface area is 207 Å². The van der Waals surface area contributed by atoms with Gasteiger partial charge in [0.15, 0.2) is 22.9 Å². The van der Waals surface area contributed by atoms with Crippen LogP contribution in [0.2, 0.25) is 0 Å². The number of ketones is 1. The van der Waals surface area contributed by atoms with Crippen LogP contribution < -0.4 is 14.4 Å². The van der Waals surface area contributed by atoms with E-state index in [0.29, 0.717) is 46.0 Å². The molecule has 5 rings (SSSR count). The normalized spacial score (nSPS) is 18.9. The number of nitrogens with zero attached hydrogens (tertiary/aromatic N) is 1. The van der Waals surface area contributed by atoms with Gasteiger partial charge in [0.2, 0.25) is 0 Å². The van der Waals surface area contributed by atoms with Crippen molar-refractivity contribution in [2.75, 3.05) is 18.1 Å². The number of hydrogen-bond donors (Lipinski definition) is 1. The summed E-state index contributed by atoms with van der Waals surface area (Å²) in [7, 11) is 0. The minimum absolute atomic E-state index is 0.279. The third-order valence-electron chi connectivity index (χ3n) is 5.83. The van der Waals surface area contributed by atoms with Gasteiger partial charge in [0.25, 0.3) is 5.91 Å². The van der Waals surface area contributed by atoms with Gasteiger partial charge in [0, 0.05) is 20.1 Å². The molecule has 0 bridgehead atoms. The lowest BCUT2D eigenvalue weighted by Gasteiger charge is -2.23. The number of carbonyl (C=O) groups excluding carboxylic acids is 2. The van der Waals surface area contributed by atoms with Crippen LogP contribution in [0.15, 0.2) is 69.6 Å². The van der Waals surface area contributed by atoms with Gasteiger partial charge in [-0.1, -0.05) is 44.0 Å². The molecule has 0 spiro atoms. The van der Waals surface area contributed by atoms with Gasteiger partial charge < -0.3 is 19.5 Å². The standard InChI is InChI=1S/C25H19Br2NO5/c26-17-4-1-15(2-5-17)14-28-20-7-6-18(27)12-19(20)25(31,24(28)30)13-21(29)16-3-8-22-23(11-16)33-10-9-32-22/h1-8,11-12,31H,9-10,13-14H2. The van der Waals surface area contributed by atoms with Crippen LogP contribution in [-0.2, 0) is 16.9 Å². The number of hydrogen-bond acceptors (Lipinski definition) is 5. The zero-order chi connectivity index (χ0) is 23.2. The average molecular weight is 573 g/mol. The molecular formula is C25H19Br2NO5. The van der Waals surface area contributed by atoms with Crippen molar-refractivity contribution in [2.45, 2.75) is 18.6 Å². The molecule has 6 nitrogen and oxygen atoms in total. The van der Waals surface area contributed by atoms with Crippen molar-refractivity contribution in [1.29, 1.82) is 0 Å². The second kappa shape index (κ2) is 8.59. The third kappa shape index (κ3) is 4.07. The second-order valence-corrected chi connectivity index (χ2v) is 9.83. The lowest BCUT2D eigenvalue weighted by atomic mass is 9.88. The average Bonchev–Trinajstić information content (AvgIpc) is 3.01. The van der Waals surface area contributed by atoms with Crippen LogP contribution in [0.1, 0.15) is 27.9 Å². The van der Waals surface area contributed by atoms with E-state index in [1.54, 1.807) is 30.3 Å². The van der Waals surface area contributed by atoms with E-state index in [2.05, 4.69) is 31.9 Å². The van der Waals surface area contributed by atoms with Crippen LogP contribution in [0.3, 0.4) is 0 Å². The van der Waals surface area contributed by atoms with Gasteiger partial charge in [0.05, 0.1) is 18.7 Å². The summed E-state index contributed by atoms with van der Waals surface area (Å²) in [5.74, 6) is 0.170. The number of ether oxygens (including phenoxy) is 2. The predicted octanol–water partition coefficient (Wildman–Crippen LogP) is 4.99. The first-order chi connectivity index (χ1) is 15.8. The second-order valence-electron chi connectivity index (χ2n) is 8.00. The van der Waals surface area contributed by atoms with Crippen LogP contribution in [0, 0.1) is 0 Å². The predicted molar refractivity (Wildman–Crippen MR) is 130 cm³/mol. The quantitative estimate of drug-likeness (QED) is 0.436. The van der Waals surface area contributed by atoms with Gasteiger partial charge in [-0.05, 0) is 54.1 Å². The van der Waals surface area contributed by atoms with E-state index in [-0.39, 0.29) is 18.7 Å². The Morgan fingerprint density at radius 3 is 2.39 bits per heavy atom. The van der Waals surface area contributed by atoms with Crippen LogP contribution in [0.5, 0.6) is 11.5 Å². The molecule has 0 saturated heterocycles. The van der Waals surface area contributed by atoms with Gasteiger partial charge in [-0.3, -0.25) is 9.59 Å². The third-order valence-corrected chi connectivity index (χ3v) is 6.85. The highest BCUT2D eigenvalue weighted by Gasteiger charge is 2.51. The highest BCUT2D eigenvalue weighted by atomic mass is 79.9. The van der Waals surface area contributed by atoms with Crippen molar-refractivity contribution in [2.24, 2.45) is 0 Å². The van der Waals surface area contributed by atoms with Crippen molar-refractivity contribution in [3.05, 3.63) is 86.3 Å². The van der Waals surface area contributed by atoms with Crippen molar-refractivity contribution in [3.63, 3.8) is 0 Å². The van der Waals surface area contributed by atoms with Gasteiger partial charge in [-0.2, -0.15) is 0 Å². The zero-order valence-corrected chi connectivity index (χ0v) is 20.6. The number of halogens is 2. The highest BCUT2D eigenvalue weighted by molar-refractivity contribution is 9.10. The van der Waals surface area contributed by atoms with Gasteiger partial charge in [-0.15, -0.1) is 0 Å². The van der Waals surface area contributed by atoms with E-state index in [1.165, 1.54) is 4.90 Å². The van der Waals surface area contributed by atoms with Crippen molar-refractivity contribution in [1.82, 2.24) is 0 Å². The van der Waals surface area contributed by atoms with E-state index in [0.717, 1.165) is 10.0 Å². The molecule has 2 aliphatic heterocycles. The summed E-state index contributed by atoms with van der Waals surface area (Å²) < 4.78 is 12.7. The molecule has 1 unspecified atom stereocenters. The van der Waals surface area contributed by atoms with E-state index in [4.69, 9.17) is 9.47 Å². The van der Waals surface area contributed by atoms with E-state index >= 15 is 0 Å². The van der Waals surface area contributed by atoms with Gasteiger partial charge in [-0.25, -0.2) is 0 Å². The number of Topliss-reactive ketones (excluding diaryl/α,β-unsaturated/α-hetero) is 1. The number of benzene rings is 3. The largest absolute Gasteiger partial charge is 0.486 e. The molecule has 33 heavy (non-hydrogen) atoms. The maximum atomic E-state index is 13.5. The van der Waals surface area contributed by atoms with Crippen LogP contribution in [0.4, 0.5) is 5.69 Å². The van der Waals surface area contributed by atoms with Crippen LogP contribution >= 0.6 is 31.9 Å². The smallest absolute Gasteiger partial charge is 0.264 e. The molecule has 1 atom stereocenters. The lowest BCUT2D eigenvalue weighted by Crippen LogP contribution is -2.41. The summed E-state index contributed by atoms with van der Waals surface area (Å²) in [4.78, 5) is 28.2. The van der Waals surface area contributed by atoms with Crippen LogP contribution in [0.25, 0.3) is 0 Å². The first kappa shape index (κ1) is 22.1. The number of fused-ring (bicyclic) bond motifs is 2. The number of carbonyl (C=O) groups is 2. The molecule has 1 N–H and O–H groups in total. The number of anilines is 1. The Hall–Kier alpha value is -2.68. The Morgan fingerprint density at radius 2 is 1.64 bits per heavy atom. The Morgan fingerprint density at radius 1 is 0.939 bits per heavy atom. The van der Waals surface area contributed by atoms with E-state index in [9.17, 15) is 14.7 Å². The molecule has 2 aliphatic rings. The minimum atomic E-state index is -1.97. The number of amides is 1. The number of aliphatic hydroxyl groups is 1. The Bertz CT molecular complexity index is 1260. The molecular weight excluding hydrogens is 554 g/mol. The fraction of sp³-hybridized carbons (Fsp3) is 0.200. The molecule has 0 aromatic heterocycles. The summed E-state index contributed by atoms with van der Waals surface area (Å²) in [6.45, 7) is 1.13. The van der Waals surface area contributed by atoms with Gasteiger partial charge in [0.1, 0.15) is 13.2 Å². The van der Waals surface area contributed by atoms with E-state index in [1.807, 2.05) is 30.3 Å². The van der Waals surface area contributed by atoms with Crippen molar-refractivity contribution >= 4 is 49.2 Å². The molecule has 3 aromatic rings. The Kier molecular flexibility index (Phi) is 5.76. The van der Waals surface area contributed by atoms with Crippen molar-refractivity contribution < 1.29 is 24.2 Å². The molecule has 1 amide bonds. The SMILES string of the molecule is O=C(CC1(O)C(=O)N(Cc2ccc(Br)cc2)c2ccc(Br)cc21)c1ccc2c(c1)OCCO2. The molecule has 168 valence electrons. The molecule has 2 heterocycles. The molecule has 0 aliphatic carbocycles. The highest BCUT2D eigenvalue weighted by Crippen LogP contribution is 2.45. The fourth-order valence-corrected chi connectivity index (χ4v) is 4.80. The topological polar surface area (TPSA) is 76.1 Å². The van der Waals surface area contributed by atoms with Crippen LogP contribution in [-0.4, -0.2) is 30.0 Å². The summed E-state index contributed by atoms with van der Waals surface area (Å²) in [6.07, 6.45) is -0.383. The Balaban J connectivity index is 1.47. The first-order valence-corrected chi connectivity index (χ1v) is 12.0. The molecule has 0 saturated carbocycles. The summed E-state index contributed by atoms with van der Waals surface area (Å²) in [5, 5.41) is 11.6. The maximum Gasteiger partial charge on any atom is 0.264 e. The molecule has 0 radical (unpaired) electrons. The van der Waals surface area contributed by atoms with E-state index < -0.39 is 11.5 Å². The number of rotatable bonds is 5. The minimum Gasteiger partial charge on any atom is -0.486 e. The summed E-state index contributed by atoms with van der Waals surface area (Å²) in [5.41, 5.74) is 0.276. The molecule has 8 heteroatoms. The lowest BCUT2D eigenvalue weighted by molar-refractivity contribution is -0.136. The first-order valence-electron chi connectivity index (χ1n) is 10.4. The monoisotopic (exact) mass is 571 g/mol. The molecule has 0 fully saturated rings. The van der Waals surface area contributed by atoms with Crippen molar-refractivity contribution in [3.8, 4) is 11.5 Å². The summed E-state index contributed by atoms with van der Waals surface area (Å²) in [6, 6.07) is 17.8. The maximum absolute atomic E-state index is 13.5. The summed E-state index contributed by atoms with van der Waals surface area (Å²) >= 11 is 6.84. The fourth-order valence-electron chi connectivity index (χ4n) is 4.17. The zero-order valence-electron chi connectivity index (χ0n) is 17.4. The van der Waals surface area contributed by atoms with Gasteiger partial charge >= 0.3 is 0 Å². The molecule has 3 aromatic carbocycles.